The topological polar surface area (TPSA) is 42.0 Å². The van der Waals surface area contributed by atoms with Gasteiger partial charge in [0.15, 0.2) is 0 Å². The van der Waals surface area contributed by atoms with Crippen molar-refractivity contribution in [2.75, 3.05) is 11.1 Å². The van der Waals surface area contributed by atoms with Gasteiger partial charge < -0.3 is 5.32 Å². The summed E-state index contributed by atoms with van der Waals surface area (Å²) in [5.41, 5.74) is 2.87. The number of nitrogens with zero attached hydrogens (tertiary/aromatic N) is 1. The maximum Gasteiger partial charge on any atom is 0.224 e. The van der Waals surface area contributed by atoms with E-state index in [1.165, 1.54) is 18.6 Å². The highest BCUT2D eigenvalue weighted by atomic mass is 33.1. The number of amides is 1. The molecule has 1 saturated heterocycles. The third-order valence-electron chi connectivity index (χ3n) is 3.97. The van der Waals surface area contributed by atoms with E-state index in [0.29, 0.717) is 6.42 Å². The van der Waals surface area contributed by atoms with Crippen molar-refractivity contribution in [1.29, 1.82) is 0 Å². The monoisotopic (exact) mass is 378 g/mol. The molecule has 1 aliphatic rings. The highest BCUT2D eigenvalue weighted by Crippen LogP contribution is 2.39. The number of benzene rings is 1. The number of nitrogens with one attached hydrogen (secondary N) is 1. The normalized spacial score (nSPS) is 17.1. The number of unbranched alkanes of at least 4 members (excludes halogenated alkanes) is 1. The Labute approximate surface area is 155 Å². The Balaban J connectivity index is 1.45. The van der Waals surface area contributed by atoms with E-state index in [1.807, 2.05) is 52.8 Å². The third-order valence-corrected chi connectivity index (χ3v) is 7.75. The zero-order valence-corrected chi connectivity index (χ0v) is 16.2. The van der Waals surface area contributed by atoms with Gasteiger partial charge in [-0.1, -0.05) is 40.1 Å². The highest BCUT2D eigenvalue weighted by molar-refractivity contribution is 8.77. The summed E-state index contributed by atoms with van der Waals surface area (Å²) in [5.74, 6) is 1.39. The third kappa shape index (κ3) is 5.26. The molecule has 0 aliphatic carbocycles. The van der Waals surface area contributed by atoms with Gasteiger partial charge in [-0.25, -0.2) is 4.98 Å². The molecule has 1 fully saturated rings. The first-order valence-corrected chi connectivity index (χ1v) is 11.6. The molecule has 3 nitrogen and oxygen atoms in total. The van der Waals surface area contributed by atoms with E-state index in [4.69, 9.17) is 0 Å². The predicted octanol–water partition coefficient (Wildman–Crippen LogP) is 5.77. The number of thiazole rings is 1. The SMILES string of the molecule is Cc1nc(-c2cccc(NC(=O)CCCCC3CCSS3)c2)cs1. The van der Waals surface area contributed by atoms with Crippen LogP contribution in [0.1, 0.15) is 37.1 Å². The Bertz CT molecular complexity index is 680. The summed E-state index contributed by atoms with van der Waals surface area (Å²) in [7, 11) is 4.00. The molecule has 1 N–H and O–H groups in total. The Morgan fingerprint density at radius 2 is 2.29 bits per heavy atom. The van der Waals surface area contributed by atoms with Crippen LogP contribution in [0.25, 0.3) is 11.3 Å². The quantitative estimate of drug-likeness (QED) is 0.490. The van der Waals surface area contributed by atoms with Gasteiger partial charge in [-0.3, -0.25) is 4.79 Å². The van der Waals surface area contributed by atoms with Crippen LogP contribution in [0.2, 0.25) is 0 Å². The summed E-state index contributed by atoms with van der Waals surface area (Å²) in [6.07, 6.45) is 5.28. The first-order valence-electron chi connectivity index (χ1n) is 8.31. The van der Waals surface area contributed by atoms with Crippen molar-refractivity contribution in [3.05, 3.63) is 34.7 Å². The zero-order chi connectivity index (χ0) is 16.8. The summed E-state index contributed by atoms with van der Waals surface area (Å²) >= 11 is 1.64. The number of aryl methyl sites for hydroxylation is 1. The van der Waals surface area contributed by atoms with E-state index in [2.05, 4.69) is 15.7 Å². The summed E-state index contributed by atoms with van der Waals surface area (Å²) in [4.78, 5) is 16.6. The second-order valence-corrected chi connectivity index (χ2v) is 9.81. The number of hydrogen-bond acceptors (Lipinski definition) is 5. The van der Waals surface area contributed by atoms with Gasteiger partial charge in [-0.05, 0) is 38.3 Å². The summed E-state index contributed by atoms with van der Waals surface area (Å²) < 4.78 is 0. The molecule has 1 amide bonds. The van der Waals surface area contributed by atoms with Crippen LogP contribution in [-0.2, 0) is 4.79 Å². The van der Waals surface area contributed by atoms with Crippen molar-refractivity contribution in [3.8, 4) is 11.3 Å². The van der Waals surface area contributed by atoms with E-state index in [9.17, 15) is 4.79 Å². The molecule has 128 valence electrons. The van der Waals surface area contributed by atoms with Gasteiger partial charge >= 0.3 is 0 Å². The van der Waals surface area contributed by atoms with E-state index in [1.54, 1.807) is 11.3 Å². The van der Waals surface area contributed by atoms with Crippen LogP contribution < -0.4 is 5.32 Å². The van der Waals surface area contributed by atoms with Gasteiger partial charge in [0.25, 0.3) is 0 Å². The maximum absolute atomic E-state index is 12.1. The number of carbonyl (C=O) groups excluding carboxylic acids is 1. The van der Waals surface area contributed by atoms with Crippen molar-refractivity contribution in [3.63, 3.8) is 0 Å². The largest absolute Gasteiger partial charge is 0.326 e. The van der Waals surface area contributed by atoms with Gasteiger partial charge in [-0.2, -0.15) is 0 Å². The Morgan fingerprint density at radius 1 is 1.38 bits per heavy atom. The maximum atomic E-state index is 12.1. The van der Waals surface area contributed by atoms with Crippen LogP contribution in [0, 0.1) is 6.92 Å². The van der Waals surface area contributed by atoms with Crippen molar-refractivity contribution in [1.82, 2.24) is 4.98 Å². The fraction of sp³-hybridized carbons (Fsp3) is 0.444. The van der Waals surface area contributed by atoms with Crippen molar-refractivity contribution >= 4 is 44.5 Å². The van der Waals surface area contributed by atoms with Crippen molar-refractivity contribution < 1.29 is 4.79 Å². The minimum Gasteiger partial charge on any atom is -0.326 e. The number of carbonyl (C=O) groups is 1. The van der Waals surface area contributed by atoms with E-state index < -0.39 is 0 Å². The number of rotatable bonds is 7. The van der Waals surface area contributed by atoms with Crippen LogP contribution in [0.4, 0.5) is 5.69 Å². The van der Waals surface area contributed by atoms with Gasteiger partial charge in [0, 0.05) is 34.1 Å². The summed E-state index contributed by atoms with van der Waals surface area (Å²) in [5, 5.41) is 6.92. The Hall–Kier alpha value is -0.980. The second kappa shape index (κ2) is 8.92. The molecular weight excluding hydrogens is 356 g/mol. The van der Waals surface area contributed by atoms with Crippen LogP contribution >= 0.6 is 32.9 Å². The number of anilines is 1. The van der Waals surface area contributed by atoms with Gasteiger partial charge in [0.1, 0.15) is 0 Å². The second-order valence-electron chi connectivity index (χ2n) is 5.96. The molecule has 24 heavy (non-hydrogen) atoms. The zero-order valence-electron chi connectivity index (χ0n) is 13.8. The lowest BCUT2D eigenvalue weighted by Crippen LogP contribution is -2.11. The molecule has 1 aromatic carbocycles. The smallest absolute Gasteiger partial charge is 0.224 e. The lowest BCUT2D eigenvalue weighted by Gasteiger charge is -2.08. The predicted molar refractivity (Wildman–Crippen MR) is 108 cm³/mol. The molecule has 1 aromatic heterocycles. The van der Waals surface area contributed by atoms with E-state index in [0.717, 1.165) is 40.0 Å². The molecule has 0 radical (unpaired) electrons. The molecule has 0 bridgehead atoms. The lowest BCUT2D eigenvalue weighted by atomic mass is 10.1. The summed E-state index contributed by atoms with van der Waals surface area (Å²) in [6.45, 7) is 2.00. The molecule has 3 rings (SSSR count). The molecule has 6 heteroatoms. The lowest BCUT2D eigenvalue weighted by molar-refractivity contribution is -0.116. The molecule has 1 atom stereocenters. The molecule has 0 saturated carbocycles. The standard InChI is InChI=1S/C18H22N2OS3/c1-13-19-17(12-22-13)14-5-4-6-15(11-14)20-18(21)8-3-2-7-16-9-10-23-24-16/h4-6,11-12,16H,2-3,7-10H2,1H3,(H,20,21). The van der Waals surface area contributed by atoms with Crippen molar-refractivity contribution in [2.45, 2.75) is 44.3 Å². The average Bonchev–Trinajstić information content (AvgIpc) is 3.23. The fourth-order valence-electron chi connectivity index (χ4n) is 2.70. The molecule has 2 aromatic rings. The van der Waals surface area contributed by atoms with Gasteiger partial charge in [-0.15, -0.1) is 11.3 Å². The van der Waals surface area contributed by atoms with Crippen LogP contribution in [-0.4, -0.2) is 21.9 Å². The average molecular weight is 379 g/mol. The number of aromatic nitrogens is 1. The van der Waals surface area contributed by atoms with Gasteiger partial charge in [0.05, 0.1) is 10.7 Å². The minimum atomic E-state index is 0.107. The van der Waals surface area contributed by atoms with Crippen LogP contribution in [0.3, 0.4) is 0 Å². The van der Waals surface area contributed by atoms with Crippen molar-refractivity contribution in [2.24, 2.45) is 0 Å². The minimum absolute atomic E-state index is 0.107. The fourth-order valence-corrected chi connectivity index (χ4v) is 6.35. The molecule has 1 aliphatic heterocycles. The van der Waals surface area contributed by atoms with E-state index >= 15 is 0 Å². The summed E-state index contributed by atoms with van der Waals surface area (Å²) in [6, 6.07) is 7.93. The van der Waals surface area contributed by atoms with Crippen LogP contribution in [0.15, 0.2) is 29.6 Å². The highest BCUT2D eigenvalue weighted by Gasteiger charge is 2.15. The number of hydrogen-bond donors (Lipinski definition) is 1. The van der Waals surface area contributed by atoms with Gasteiger partial charge in [0.2, 0.25) is 5.91 Å². The molecule has 1 unspecified atom stereocenters. The molecular formula is C18H22N2OS3. The molecule has 0 spiro atoms. The first-order chi connectivity index (χ1) is 11.7. The Kier molecular flexibility index (Phi) is 6.63. The Morgan fingerprint density at radius 3 is 3.04 bits per heavy atom. The first kappa shape index (κ1) is 17.8. The van der Waals surface area contributed by atoms with Crippen LogP contribution in [0.5, 0.6) is 0 Å². The van der Waals surface area contributed by atoms with E-state index in [-0.39, 0.29) is 5.91 Å². The molecule has 2 heterocycles.